The normalized spacial score (nSPS) is 11.3. The lowest BCUT2D eigenvalue weighted by Crippen LogP contribution is -2.24. The molecule has 0 bridgehead atoms. The minimum Gasteiger partial charge on any atom is -0.329 e. The maximum absolute atomic E-state index is 5.62. The Hall–Kier alpha value is -1.68. The van der Waals surface area contributed by atoms with Gasteiger partial charge in [-0.05, 0) is 55.1 Å². The summed E-state index contributed by atoms with van der Waals surface area (Å²) in [5.74, 6) is 1.44. The van der Waals surface area contributed by atoms with Gasteiger partial charge in [-0.3, -0.25) is 0 Å². The van der Waals surface area contributed by atoms with E-state index in [2.05, 4.69) is 88.4 Å². The number of aryl methyl sites for hydroxylation is 2. The minimum atomic E-state index is 0.403. The highest BCUT2D eigenvalue weighted by molar-refractivity contribution is 5.15. The molecular formula is C26H45N3. The summed E-state index contributed by atoms with van der Waals surface area (Å²) in [4.78, 5) is 0. The zero-order valence-corrected chi connectivity index (χ0v) is 19.2. The van der Waals surface area contributed by atoms with Crippen molar-refractivity contribution in [2.45, 2.75) is 65.8 Å². The van der Waals surface area contributed by atoms with Gasteiger partial charge >= 0.3 is 0 Å². The molecule has 0 fully saturated rings. The fourth-order valence-corrected chi connectivity index (χ4v) is 2.73. The van der Waals surface area contributed by atoms with Crippen LogP contribution in [-0.4, -0.2) is 19.1 Å². The molecule has 2 aromatic carbocycles. The molecule has 0 amide bonds. The highest BCUT2D eigenvalue weighted by atomic mass is 14.6. The van der Waals surface area contributed by atoms with Gasteiger partial charge in [-0.25, -0.2) is 0 Å². The van der Waals surface area contributed by atoms with Crippen molar-refractivity contribution in [1.29, 1.82) is 0 Å². The second kappa shape index (κ2) is 18.4. The average molecular weight is 400 g/mol. The molecule has 0 aliphatic heterocycles. The summed E-state index contributed by atoms with van der Waals surface area (Å²) in [6.45, 7) is 9.97. The van der Waals surface area contributed by atoms with Crippen LogP contribution in [0, 0.1) is 11.8 Å². The van der Waals surface area contributed by atoms with Gasteiger partial charge in [-0.2, -0.15) is 0 Å². The maximum Gasteiger partial charge on any atom is 0.00592 e. The average Bonchev–Trinajstić information content (AvgIpc) is 2.77. The Labute approximate surface area is 180 Å². The number of hydrogen-bond donors (Lipinski definition) is 3. The Morgan fingerprint density at radius 1 is 0.690 bits per heavy atom. The van der Waals surface area contributed by atoms with Crippen molar-refractivity contribution >= 4 is 0 Å². The Morgan fingerprint density at radius 3 is 1.31 bits per heavy atom. The molecule has 1 unspecified atom stereocenters. The maximum atomic E-state index is 5.62. The monoisotopic (exact) mass is 399 g/mol. The molecule has 6 N–H and O–H groups in total. The van der Waals surface area contributed by atoms with Gasteiger partial charge in [0.15, 0.2) is 0 Å². The van der Waals surface area contributed by atoms with Crippen LogP contribution in [0.3, 0.4) is 0 Å². The second-order valence-corrected chi connectivity index (χ2v) is 8.05. The van der Waals surface area contributed by atoms with E-state index in [0.717, 1.165) is 12.3 Å². The summed E-state index contributed by atoms with van der Waals surface area (Å²) >= 11 is 0. The Balaban J connectivity index is 0.000000594. The minimum absolute atomic E-state index is 0.403. The summed E-state index contributed by atoms with van der Waals surface area (Å²) in [5.41, 5.74) is 18.3. The standard InChI is InChI=1S/C18H22.C6H15N.C2H8N2/c1-16(12-14-17-8-4-2-5-9-17)13-15-18-10-6-3-7-11-18;1-4-6(7)5(2)3;3-1-2-4/h2-11,16H,12-15H2,1H3;5-6H,4,7H2,1-3H3;1-4H2. The van der Waals surface area contributed by atoms with Crippen molar-refractivity contribution in [3.05, 3.63) is 71.8 Å². The highest BCUT2D eigenvalue weighted by Gasteiger charge is 2.03. The predicted molar refractivity (Wildman–Crippen MR) is 130 cm³/mol. The summed E-state index contributed by atoms with van der Waals surface area (Å²) in [7, 11) is 0. The van der Waals surface area contributed by atoms with Crippen LogP contribution in [0.4, 0.5) is 0 Å². The quantitative estimate of drug-likeness (QED) is 0.544. The Morgan fingerprint density at radius 2 is 1.07 bits per heavy atom. The molecule has 0 saturated heterocycles. The van der Waals surface area contributed by atoms with Crippen LogP contribution in [0.2, 0.25) is 0 Å². The van der Waals surface area contributed by atoms with E-state index in [1.807, 2.05) is 0 Å². The van der Waals surface area contributed by atoms with Crippen molar-refractivity contribution in [3.63, 3.8) is 0 Å². The molecule has 2 rings (SSSR count). The molecule has 0 aliphatic rings. The first kappa shape index (κ1) is 27.3. The molecule has 0 radical (unpaired) electrons. The topological polar surface area (TPSA) is 78.1 Å². The van der Waals surface area contributed by atoms with Gasteiger partial charge in [0, 0.05) is 19.1 Å². The lowest BCUT2D eigenvalue weighted by Gasteiger charge is -2.11. The van der Waals surface area contributed by atoms with Gasteiger partial charge in [-0.1, -0.05) is 88.4 Å². The number of benzene rings is 2. The van der Waals surface area contributed by atoms with E-state index in [4.69, 9.17) is 17.2 Å². The number of nitrogens with two attached hydrogens (primary N) is 3. The molecule has 2 aromatic rings. The summed E-state index contributed by atoms with van der Waals surface area (Å²) < 4.78 is 0. The second-order valence-electron chi connectivity index (χ2n) is 8.05. The predicted octanol–water partition coefficient (Wildman–Crippen LogP) is 5.17. The van der Waals surface area contributed by atoms with E-state index < -0.39 is 0 Å². The van der Waals surface area contributed by atoms with Crippen LogP contribution in [0.5, 0.6) is 0 Å². The third-order valence-electron chi connectivity index (χ3n) is 5.03. The van der Waals surface area contributed by atoms with Crippen molar-refractivity contribution in [2.75, 3.05) is 13.1 Å². The van der Waals surface area contributed by atoms with Crippen molar-refractivity contribution < 1.29 is 0 Å². The fraction of sp³-hybridized carbons (Fsp3) is 0.538. The smallest absolute Gasteiger partial charge is 0.00592 e. The molecule has 1 atom stereocenters. The van der Waals surface area contributed by atoms with Gasteiger partial charge in [-0.15, -0.1) is 0 Å². The van der Waals surface area contributed by atoms with E-state index in [0.29, 0.717) is 25.0 Å². The molecular weight excluding hydrogens is 354 g/mol. The molecule has 29 heavy (non-hydrogen) atoms. The molecule has 0 aliphatic carbocycles. The molecule has 0 saturated carbocycles. The summed E-state index contributed by atoms with van der Waals surface area (Å²) in [5, 5.41) is 0. The first-order chi connectivity index (χ1) is 13.9. The van der Waals surface area contributed by atoms with E-state index in [-0.39, 0.29) is 0 Å². The number of hydrogen-bond acceptors (Lipinski definition) is 3. The first-order valence-corrected chi connectivity index (χ1v) is 11.2. The molecule has 3 heteroatoms. The van der Waals surface area contributed by atoms with Gasteiger partial charge in [0.2, 0.25) is 0 Å². The molecule has 3 nitrogen and oxygen atoms in total. The van der Waals surface area contributed by atoms with Crippen LogP contribution in [0.25, 0.3) is 0 Å². The summed E-state index contributed by atoms with van der Waals surface area (Å²) in [6.07, 6.45) is 6.08. The number of rotatable bonds is 9. The fourth-order valence-electron chi connectivity index (χ4n) is 2.73. The third-order valence-corrected chi connectivity index (χ3v) is 5.03. The van der Waals surface area contributed by atoms with Gasteiger partial charge in [0.05, 0.1) is 0 Å². The van der Waals surface area contributed by atoms with Crippen LogP contribution >= 0.6 is 0 Å². The van der Waals surface area contributed by atoms with Crippen LogP contribution in [-0.2, 0) is 12.8 Å². The lowest BCUT2D eigenvalue weighted by molar-refractivity contribution is 0.481. The molecule has 164 valence electrons. The van der Waals surface area contributed by atoms with Crippen LogP contribution < -0.4 is 17.2 Å². The van der Waals surface area contributed by atoms with Crippen molar-refractivity contribution in [1.82, 2.24) is 0 Å². The first-order valence-electron chi connectivity index (χ1n) is 11.2. The van der Waals surface area contributed by atoms with E-state index in [1.165, 1.54) is 36.8 Å². The van der Waals surface area contributed by atoms with Crippen molar-refractivity contribution in [2.24, 2.45) is 29.0 Å². The zero-order valence-electron chi connectivity index (χ0n) is 19.2. The van der Waals surface area contributed by atoms with E-state index in [1.54, 1.807) is 0 Å². The third kappa shape index (κ3) is 15.9. The lowest BCUT2D eigenvalue weighted by atomic mass is 9.95. The van der Waals surface area contributed by atoms with Gasteiger partial charge < -0.3 is 17.2 Å². The van der Waals surface area contributed by atoms with E-state index in [9.17, 15) is 0 Å². The van der Waals surface area contributed by atoms with Gasteiger partial charge in [0.1, 0.15) is 0 Å². The zero-order chi connectivity index (χ0) is 21.9. The largest absolute Gasteiger partial charge is 0.329 e. The van der Waals surface area contributed by atoms with Crippen LogP contribution in [0.1, 0.15) is 58.1 Å². The molecule has 0 aromatic heterocycles. The Bertz CT molecular complexity index is 524. The summed E-state index contributed by atoms with van der Waals surface area (Å²) in [6, 6.07) is 22.0. The molecule has 0 heterocycles. The van der Waals surface area contributed by atoms with Gasteiger partial charge in [0.25, 0.3) is 0 Å². The van der Waals surface area contributed by atoms with Crippen molar-refractivity contribution in [3.8, 4) is 0 Å². The van der Waals surface area contributed by atoms with E-state index >= 15 is 0 Å². The van der Waals surface area contributed by atoms with Crippen LogP contribution in [0.15, 0.2) is 60.7 Å². The highest BCUT2D eigenvalue weighted by Crippen LogP contribution is 2.15. The SMILES string of the molecule is CC(CCc1ccccc1)CCc1ccccc1.CCC(N)C(C)C.NCCN. The Kier molecular flexibility index (Phi) is 17.3. The molecule has 0 spiro atoms.